The molecule has 6 heteroatoms. The Morgan fingerprint density at radius 3 is 3.05 bits per heavy atom. The standard InChI is InChI=1S/C14H18N6/c1-12-4-5-13-17-14(18-20(13)10-12)16-6-2-3-8-19-9-7-15-11-19/h4-5,7,9-11H,2-3,6,8H2,1H3,(H,16,18). The van der Waals surface area contributed by atoms with Gasteiger partial charge in [0, 0.05) is 31.7 Å². The maximum atomic E-state index is 4.43. The van der Waals surface area contributed by atoms with Crippen LogP contribution in [0.5, 0.6) is 0 Å². The quantitative estimate of drug-likeness (QED) is 0.697. The molecule has 0 aliphatic rings. The van der Waals surface area contributed by atoms with Gasteiger partial charge in [-0.3, -0.25) is 0 Å². The predicted molar refractivity (Wildman–Crippen MR) is 77.7 cm³/mol. The lowest BCUT2D eigenvalue weighted by Crippen LogP contribution is -2.05. The van der Waals surface area contributed by atoms with E-state index in [1.165, 1.54) is 5.56 Å². The van der Waals surface area contributed by atoms with Gasteiger partial charge in [0.1, 0.15) is 0 Å². The van der Waals surface area contributed by atoms with Crippen LogP contribution in [0.15, 0.2) is 37.1 Å². The molecular formula is C14H18N6. The second-order valence-corrected chi connectivity index (χ2v) is 4.88. The number of aryl methyl sites for hydroxylation is 2. The summed E-state index contributed by atoms with van der Waals surface area (Å²) in [5.41, 5.74) is 2.05. The fourth-order valence-corrected chi connectivity index (χ4v) is 2.10. The molecule has 0 aliphatic carbocycles. The summed E-state index contributed by atoms with van der Waals surface area (Å²) in [6, 6.07) is 4.02. The number of unbranched alkanes of at least 4 members (excludes halogenated alkanes) is 1. The van der Waals surface area contributed by atoms with Crippen LogP contribution in [-0.2, 0) is 6.54 Å². The third-order valence-corrected chi connectivity index (χ3v) is 3.16. The van der Waals surface area contributed by atoms with E-state index in [1.54, 1.807) is 6.20 Å². The second-order valence-electron chi connectivity index (χ2n) is 4.88. The Bertz CT molecular complexity index is 670. The first-order valence-corrected chi connectivity index (χ1v) is 6.84. The highest BCUT2D eigenvalue weighted by atomic mass is 15.3. The first-order chi connectivity index (χ1) is 9.81. The molecule has 3 aromatic rings. The molecule has 0 amide bonds. The molecule has 0 atom stereocenters. The van der Waals surface area contributed by atoms with Crippen molar-refractivity contribution in [3.63, 3.8) is 0 Å². The van der Waals surface area contributed by atoms with Gasteiger partial charge in [-0.25, -0.2) is 9.50 Å². The Labute approximate surface area is 117 Å². The Morgan fingerprint density at radius 2 is 2.20 bits per heavy atom. The van der Waals surface area contributed by atoms with E-state index in [2.05, 4.69) is 25.0 Å². The zero-order valence-electron chi connectivity index (χ0n) is 11.5. The summed E-state index contributed by atoms with van der Waals surface area (Å²) in [6.45, 7) is 3.92. The van der Waals surface area contributed by atoms with Crippen molar-refractivity contribution in [3.8, 4) is 0 Å². The highest BCUT2D eigenvalue weighted by molar-refractivity contribution is 5.43. The lowest BCUT2D eigenvalue weighted by atomic mass is 10.3. The molecule has 0 saturated carbocycles. The summed E-state index contributed by atoms with van der Waals surface area (Å²) in [5.74, 6) is 0.693. The van der Waals surface area contributed by atoms with Crippen molar-refractivity contribution in [2.24, 2.45) is 0 Å². The molecule has 0 radical (unpaired) electrons. The van der Waals surface area contributed by atoms with E-state index in [4.69, 9.17) is 0 Å². The van der Waals surface area contributed by atoms with Crippen LogP contribution in [0.4, 0.5) is 5.95 Å². The Hall–Kier alpha value is -2.37. The molecule has 0 unspecified atom stereocenters. The van der Waals surface area contributed by atoms with Crippen molar-refractivity contribution in [1.29, 1.82) is 0 Å². The van der Waals surface area contributed by atoms with Crippen molar-refractivity contribution in [1.82, 2.24) is 24.1 Å². The Morgan fingerprint density at radius 1 is 1.25 bits per heavy atom. The zero-order chi connectivity index (χ0) is 13.8. The SMILES string of the molecule is Cc1ccc2nc(NCCCCn3ccnc3)nn2c1. The molecule has 0 saturated heterocycles. The number of pyridine rings is 1. The van der Waals surface area contributed by atoms with Gasteiger partial charge in [-0.2, -0.15) is 4.98 Å². The Balaban J connectivity index is 1.47. The summed E-state index contributed by atoms with van der Waals surface area (Å²) in [7, 11) is 0. The number of anilines is 1. The largest absolute Gasteiger partial charge is 0.353 e. The first kappa shape index (κ1) is 12.7. The van der Waals surface area contributed by atoms with Gasteiger partial charge in [-0.05, 0) is 31.4 Å². The lowest BCUT2D eigenvalue weighted by Gasteiger charge is -2.02. The molecule has 3 heterocycles. The molecule has 1 N–H and O–H groups in total. The topological polar surface area (TPSA) is 60.0 Å². The van der Waals surface area contributed by atoms with Gasteiger partial charge in [0.2, 0.25) is 5.95 Å². The van der Waals surface area contributed by atoms with Gasteiger partial charge in [0.25, 0.3) is 0 Å². The average molecular weight is 270 g/mol. The van der Waals surface area contributed by atoms with Crippen LogP contribution >= 0.6 is 0 Å². The van der Waals surface area contributed by atoms with E-state index in [0.29, 0.717) is 5.95 Å². The van der Waals surface area contributed by atoms with Gasteiger partial charge in [-0.1, -0.05) is 6.07 Å². The number of imidazole rings is 1. The highest BCUT2D eigenvalue weighted by Gasteiger charge is 2.02. The molecule has 6 nitrogen and oxygen atoms in total. The number of aromatic nitrogens is 5. The minimum absolute atomic E-state index is 0.693. The molecule has 0 aromatic carbocycles. The van der Waals surface area contributed by atoms with Gasteiger partial charge < -0.3 is 9.88 Å². The molecule has 3 rings (SSSR count). The fraction of sp³-hybridized carbons (Fsp3) is 0.357. The van der Waals surface area contributed by atoms with Crippen molar-refractivity contribution >= 4 is 11.6 Å². The molecular weight excluding hydrogens is 252 g/mol. The van der Waals surface area contributed by atoms with Crippen LogP contribution in [0.1, 0.15) is 18.4 Å². The third-order valence-electron chi connectivity index (χ3n) is 3.16. The van der Waals surface area contributed by atoms with E-state index in [0.717, 1.165) is 31.6 Å². The van der Waals surface area contributed by atoms with Crippen LogP contribution in [-0.4, -0.2) is 30.7 Å². The summed E-state index contributed by atoms with van der Waals surface area (Å²) in [5, 5.41) is 7.67. The Kier molecular flexibility index (Phi) is 3.62. The van der Waals surface area contributed by atoms with Crippen LogP contribution in [0.2, 0.25) is 0 Å². The van der Waals surface area contributed by atoms with Crippen LogP contribution in [0.25, 0.3) is 5.65 Å². The fourth-order valence-electron chi connectivity index (χ4n) is 2.10. The molecule has 0 aliphatic heterocycles. The zero-order valence-corrected chi connectivity index (χ0v) is 11.5. The predicted octanol–water partition coefficient (Wildman–Crippen LogP) is 2.13. The van der Waals surface area contributed by atoms with Gasteiger partial charge >= 0.3 is 0 Å². The highest BCUT2D eigenvalue weighted by Crippen LogP contribution is 2.07. The molecule has 0 fully saturated rings. The summed E-state index contributed by atoms with van der Waals surface area (Å²) in [4.78, 5) is 8.45. The number of hydrogen-bond donors (Lipinski definition) is 1. The van der Waals surface area contributed by atoms with E-state index < -0.39 is 0 Å². The van der Waals surface area contributed by atoms with Gasteiger partial charge in [0.05, 0.1) is 6.33 Å². The second kappa shape index (κ2) is 5.73. The van der Waals surface area contributed by atoms with Crippen molar-refractivity contribution < 1.29 is 0 Å². The molecule has 3 aromatic heterocycles. The van der Waals surface area contributed by atoms with E-state index in [-0.39, 0.29) is 0 Å². The monoisotopic (exact) mass is 270 g/mol. The maximum absolute atomic E-state index is 4.43. The van der Waals surface area contributed by atoms with Gasteiger partial charge in [0.15, 0.2) is 5.65 Å². The van der Waals surface area contributed by atoms with Crippen molar-refractivity contribution in [3.05, 3.63) is 42.6 Å². The number of rotatable bonds is 6. The smallest absolute Gasteiger partial charge is 0.243 e. The minimum Gasteiger partial charge on any atom is -0.353 e. The van der Waals surface area contributed by atoms with Crippen LogP contribution < -0.4 is 5.32 Å². The van der Waals surface area contributed by atoms with E-state index in [9.17, 15) is 0 Å². The average Bonchev–Trinajstić information content (AvgIpc) is 3.06. The number of hydrogen-bond acceptors (Lipinski definition) is 4. The van der Waals surface area contributed by atoms with Crippen LogP contribution in [0, 0.1) is 6.92 Å². The summed E-state index contributed by atoms with van der Waals surface area (Å²) < 4.78 is 3.90. The summed E-state index contributed by atoms with van der Waals surface area (Å²) >= 11 is 0. The molecule has 104 valence electrons. The van der Waals surface area contributed by atoms with Crippen LogP contribution in [0.3, 0.4) is 0 Å². The van der Waals surface area contributed by atoms with Gasteiger partial charge in [-0.15, -0.1) is 5.10 Å². The lowest BCUT2D eigenvalue weighted by molar-refractivity contribution is 0.620. The third kappa shape index (κ3) is 2.96. The molecule has 0 bridgehead atoms. The molecule has 20 heavy (non-hydrogen) atoms. The first-order valence-electron chi connectivity index (χ1n) is 6.84. The van der Waals surface area contributed by atoms with E-state index in [1.807, 2.05) is 42.3 Å². The molecule has 0 spiro atoms. The number of fused-ring (bicyclic) bond motifs is 1. The van der Waals surface area contributed by atoms with E-state index >= 15 is 0 Å². The van der Waals surface area contributed by atoms with Crippen molar-refractivity contribution in [2.75, 3.05) is 11.9 Å². The maximum Gasteiger partial charge on any atom is 0.243 e. The summed E-state index contributed by atoms with van der Waals surface area (Å²) in [6.07, 6.45) is 9.80. The minimum atomic E-state index is 0.693. The number of nitrogens with zero attached hydrogens (tertiary/aromatic N) is 5. The van der Waals surface area contributed by atoms with Crippen molar-refractivity contribution in [2.45, 2.75) is 26.3 Å². The number of nitrogens with one attached hydrogen (secondary N) is 1. The normalized spacial score (nSPS) is 11.1.